The maximum absolute atomic E-state index is 11.9. The van der Waals surface area contributed by atoms with Gasteiger partial charge >= 0.3 is 12.0 Å². The number of aliphatic carboxylic acids is 1. The lowest BCUT2D eigenvalue weighted by molar-refractivity contribution is -0.141. The van der Waals surface area contributed by atoms with Gasteiger partial charge in [-0.3, -0.25) is 9.59 Å². The summed E-state index contributed by atoms with van der Waals surface area (Å²) in [5, 5.41) is 13.7. The molecule has 0 spiro atoms. The second-order valence-corrected chi connectivity index (χ2v) is 4.89. The van der Waals surface area contributed by atoms with Crippen LogP contribution in [0.5, 0.6) is 0 Å². The summed E-state index contributed by atoms with van der Waals surface area (Å²) in [6, 6.07) is -1.91. The quantitative estimate of drug-likeness (QED) is 0.488. The molecule has 1 heterocycles. The number of hydrogen-bond acceptors (Lipinski definition) is 4. The molecule has 0 aliphatic carbocycles. The van der Waals surface area contributed by atoms with Gasteiger partial charge in [-0.25, -0.2) is 9.59 Å². The van der Waals surface area contributed by atoms with E-state index in [-0.39, 0.29) is 11.8 Å². The van der Waals surface area contributed by atoms with E-state index in [9.17, 15) is 19.2 Å². The standard InChI is InChI=1S/C12H20N4O5/c1-14-10(18)7-2-4-16(5-3-7)12(21)15-8(11(19)20)6-9(13)17/h7-8H,2-6H2,1H3,(H2,13,17)(H,14,18)(H,15,21)(H,19,20). The van der Waals surface area contributed by atoms with E-state index in [0.717, 1.165) is 0 Å². The lowest BCUT2D eigenvalue weighted by Gasteiger charge is -2.31. The topological polar surface area (TPSA) is 142 Å². The lowest BCUT2D eigenvalue weighted by Crippen LogP contribution is -2.52. The largest absolute Gasteiger partial charge is 0.480 e. The van der Waals surface area contributed by atoms with Crippen LogP contribution < -0.4 is 16.4 Å². The van der Waals surface area contributed by atoms with Gasteiger partial charge < -0.3 is 26.4 Å². The van der Waals surface area contributed by atoms with Crippen LogP contribution >= 0.6 is 0 Å². The van der Waals surface area contributed by atoms with E-state index < -0.39 is 30.4 Å². The van der Waals surface area contributed by atoms with Crippen molar-refractivity contribution < 1.29 is 24.3 Å². The zero-order valence-electron chi connectivity index (χ0n) is 11.8. The molecule has 9 nitrogen and oxygen atoms in total. The zero-order chi connectivity index (χ0) is 16.0. The maximum atomic E-state index is 11.9. The molecule has 118 valence electrons. The van der Waals surface area contributed by atoms with E-state index in [4.69, 9.17) is 10.8 Å². The van der Waals surface area contributed by atoms with Gasteiger partial charge in [0.05, 0.1) is 6.42 Å². The predicted octanol–water partition coefficient (Wildman–Crippen LogP) is -1.52. The third-order valence-corrected chi connectivity index (χ3v) is 3.40. The van der Waals surface area contributed by atoms with Crippen LogP contribution in [-0.4, -0.2) is 60.0 Å². The van der Waals surface area contributed by atoms with Crippen LogP contribution in [0, 0.1) is 5.92 Å². The van der Waals surface area contributed by atoms with Crippen LogP contribution in [0.2, 0.25) is 0 Å². The monoisotopic (exact) mass is 300 g/mol. The molecule has 4 amide bonds. The number of nitrogens with two attached hydrogens (primary N) is 1. The number of nitrogens with zero attached hydrogens (tertiary/aromatic N) is 1. The summed E-state index contributed by atoms with van der Waals surface area (Å²) in [7, 11) is 1.56. The molecule has 21 heavy (non-hydrogen) atoms. The van der Waals surface area contributed by atoms with Gasteiger partial charge in [0.25, 0.3) is 0 Å². The third-order valence-electron chi connectivity index (χ3n) is 3.40. The molecule has 0 bridgehead atoms. The van der Waals surface area contributed by atoms with Gasteiger partial charge in [-0.15, -0.1) is 0 Å². The molecule has 1 rings (SSSR count). The summed E-state index contributed by atoms with van der Waals surface area (Å²) in [5.41, 5.74) is 4.94. The highest BCUT2D eigenvalue weighted by atomic mass is 16.4. The Morgan fingerprint density at radius 2 is 1.86 bits per heavy atom. The summed E-state index contributed by atoms with van der Waals surface area (Å²) in [4.78, 5) is 46.6. The van der Waals surface area contributed by atoms with Crippen molar-refractivity contribution in [2.75, 3.05) is 20.1 Å². The van der Waals surface area contributed by atoms with Gasteiger partial charge in [-0.1, -0.05) is 0 Å². The first-order valence-corrected chi connectivity index (χ1v) is 6.63. The number of piperidine rings is 1. The summed E-state index contributed by atoms with van der Waals surface area (Å²) < 4.78 is 0. The Hall–Kier alpha value is -2.32. The molecule has 5 N–H and O–H groups in total. The fraction of sp³-hybridized carbons (Fsp3) is 0.667. The number of rotatable bonds is 5. The van der Waals surface area contributed by atoms with Crippen molar-refractivity contribution in [3.63, 3.8) is 0 Å². The maximum Gasteiger partial charge on any atom is 0.326 e. The van der Waals surface area contributed by atoms with Gasteiger partial charge in [0.2, 0.25) is 11.8 Å². The predicted molar refractivity (Wildman–Crippen MR) is 72.1 cm³/mol. The molecule has 1 aliphatic rings. The number of nitrogens with one attached hydrogen (secondary N) is 2. The molecule has 1 atom stereocenters. The smallest absolute Gasteiger partial charge is 0.326 e. The number of carbonyl (C=O) groups is 4. The van der Waals surface area contributed by atoms with Crippen molar-refractivity contribution >= 4 is 23.8 Å². The van der Waals surface area contributed by atoms with E-state index in [1.807, 2.05) is 0 Å². The molecule has 9 heteroatoms. The van der Waals surface area contributed by atoms with E-state index in [0.29, 0.717) is 25.9 Å². The van der Waals surface area contributed by atoms with Gasteiger partial charge in [0.1, 0.15) is 6.04 Å². The fourth-order valence-electron chi connectivity index (χ4n) is 2.19. The fourth-order valence-corrected chi connectivity index (χ4v) is 2.19. The van der Waals surface area contributed by atoms with Crippen molar-refractivity contribution in [1.29, 1.82) is 0 Å². The van der Waals surface area contributed by atoms with Crippen LogP contribution in [0.1, 0.15) is 19.3 Å². The van der Waals surface area contributed by atoms with Crippen LogP contribution in [0.15, 0.2) is 0 Å². The van der Waals surface area contributed by atoms with Gasteiger partial charge in [-0.2, -0.15) is 0 Å². The van der Waals surface area contributed by atoms with E-state index >= 15 is 0 Å². The highest BCUT2D eigenvalue weighted by Crippen LogP contribution is 2.17. The summed E-state index contributed by atoms with van der Waals surface area (Å²) in [5.74, 6) is -2.32. The minimum absolute atomic E-state index is 0.0628. The van der Waals surface area contributed by atoms with Gasteiger partial charge in [0.15, 0.2) is 0 Å². The van der Waals surface area contributed by atoms with Crippen molar-refractivity contribution in [3.8, 4) is 0 Å². The molecule has 1 saturated heterocycles. The lowest BCUT2D eigenvalue weighted by atomic mass is 9.96. The molecule has 0 aromatic carbocycles. The Morgan fingerprint density at radius 3 is 2.29 bits per heavy atom. The number of urea groups is 1. The number of carbonyl (C=O) groups excluding carboxylic acids is 3. The summed E-state index contributed by atoms with van der Waals surface area (Å²) in [6.45, 7) is 0.708. The molecule has 0 saturated carbocycles. The normalized spacial score (nSPS) is 16.9. The Bertz CT molecular complexity index is 431. The Balaban J connectivity index is 2.51. The van der Waals surface area contributed by atoms with Gasteiger partial charge in [0, 0.05) is 26.1 Å². The molecule has 1 fully saturated rings. The number of primary amides is 1. The Labute approximate surface area is 121 Å². The summed E-state index contributed by atoms with van der Waals surface area (Å²) >= 11 is 0. The second-order valence-electron chi connectivity index (χ2n) is 4.89. The first-order valence-electron chi connectivity index (χ1n) is 6.63. The number of hydrogen-bond donors (Lipinski definition) is 4. The average Bonchev–Trinajstić information content (AvgIpc) is 2.45. The van der Waals surface area contributed by atoms with Crippen LogP contribution in [0.4, 0.5) is 4.79 Å². The molecule has 1 unspecified atom stereocenters. The van der Waals surface area contributed by atoms with Crippen molar-refractivity contribution in [2.24, 2.45) is 11.7 Å². The highest BCUT2D eigenvalue weighted by molar-refractivity contribution is 5.87. The SMILES string of the molecule is CNC(=O)C1CCN(C(=O)NC(CC(N)=O)C(=O)O)CC1. The minimum Gasteiger partial charge on any atom is -0.480 e. The van der Waals surface area contributed by atoms with Crippen LogP contribution in [0.3, 0.4) is 0 Å². The summed E-state index contributed by atoms with van der Waals surface area (Å²) in [6.07, 6.45) is 0.567. The molecule has 0 aromatic heterocycles. The Morgan fingerprint density at radius 1 is 1.29 bits per heavy atom. The Kier molecular flexibility index (Phi) is 5.94. The van der Waals surface area contributed by atoms with Crippen LogP contribution in [-0.2, 0) is 14.4 Å². The average molecular weight is 300 g/mol. The number of amides is 4. The van der Waals surface area contributed by atoms with Crippen LogP contribution in [0.25, 0.3) is 0 Å². The zero-order valence-corrected chi connectivity index (χ0v) is 11.8. The number of carboxylic acid groups (broad SMARTS) is 1. The third kappa shape index (κ3) is 4.93. The second kappa shape index (κ2) is 7.46. The molecule has 1 aliphatic heterocycles. The molecular weight excluding hydrogens is 280 g/mol. The van der Waals surface area contributed by atoms with E-state index in [2.05, 4.69) is 10.6 Å². The minimum atomic E-state index is -1.34. The van der Waals surface area contributed by atoms with Crippen molar-refractivity contribution in [1.82, 2.24) is 15.5 Å². The first-order chi connectivity index (χ1) is 9.85. The molecular formula is C12H20N4O5. The molecule has 0 aromatic rings. The van der Waals surface area contributed by atoms with E-state index in [1.165, 1.54) is 4.90 Å². The number of carboxylic acids is 1. The van der Waals surface area contributed by atoms with Gasteiger partial charge in [-0.05, 0) is 12.8 Å². The van der Waals surface area contributed by atoms with Crippen molar-refractivity contribution in [2.45, 2.75) is 25.3 Å². The van der Waals surface area contributed by atoms with Crippen molar-refractivity contribution in [3.05, 3.63) is 0 Å². The first kappa shape index (κ1) is 16.7. The van der Waals surface area contributed by atoms with E-state index in [1.54, 1.807) is 7.05 Å². The highest BCUT2D eigenvalue weighted by Gasteiger charge is 2.29. The molecule has 0 radical (unpaired) electrons. The number of likely N-dealkylation sites (tertiary alicyclic amines) is 1.